The lowest BCUT2D eigenvalue weighted by Gasteiger charge is -2.07. The first-order valence-corrected chi connectivity index (χ1v) is 2.57. The average molecular weight is 100 g/mol. The second kappa shape index (κ2) is 1.14. The Morgan fingerprint density at radius 2 is 1.38 bits per heavy atom. The van der Waals surface area contributed by atoms with Gasteiger partial charge in [-0.15, -0.1) is 11.5 Å². The Morgan fingerprint density at radius 3 is 1.62 bits per heavy atom. The molecular weight excluding hydrogens is 96.1 g/mol. The van der Waals surface area contributed by atoms with E-state index < -0.39 is 0 Å². The zero-order valence-corrected chi connectivity index (χ0v) is 4.31. The standard InChI is InChI=1S/C8H4/c1-2-4-8-6-5-7(8)3-1/h1-2,5-6H. The lowest BCUT2D eigenvalue weighted by molar-refractivity contribution is 1.46. The molecule has 0 bridgehead atoms. The Kier molecular flexibility index (Phi) is 0.532. The molecule has 0 aromatic heterocycles. The Morgan fingerprint density at radius 1 is 0.875 bits per heavy atom. The van der Waals surface area contributed by atoms with E-state index >= 15 is 0 Å². The van der Waals surface area contributed by atoms with Crippen molar-refractivity contribution in [1.82, 2.24) is 0 Å². The summed E-state index contributed by atoms with van der Waals surface area (Å²) < 4.78 is 0. The molecule has 0 spiro atoms. The molecule has 2 aliphatic carbocycles. The number of allylic oxidation sites excluding steroid dienone is 4. The van der Waals surface area contributed by atoms with Gasteiger partial charge in [0.1, 0.15) is 0 Å². The largest absolute Gasteiger partial charge is 0.111 e. The summed E-state index contributed by atoms with van der Waals surface area (Å²) in [7, 11) is 0. The number of hydrogen-bond acceptors (Lipinski definition) is 0. The van der Waals surface area contributed by atoms with E-state index in [0.717, 1.165) is 0 Å². The van der Waals surface area contributed by atoms with Gasteiger partial charge in [0.15, 0.2) is 0 Å². The molecule has 0 heteroatoms. The predicted octanol–water partition coefficient (Wildman–Crippen LogP) is 1.73. The van der Waals surface area contributed by atoms with Crippen molar-refractivity contribution >= 4 is 0 Å². The van der Waals surface area contributed by atoms with Gasteiger partial charge in [-0.05, 0) is 24.3 Å². The fourth-order valence-corrected chi connectivity index (χ4v) is 0.765. The van der Waals surface area contributed by atoms with Crippen LogP contribution in [-0.4, -0.2) is 0 Å². The smallest absolute Gasteiger partial charge is 0.0315 e. The number of fused-ring (bicyclic) bond motifs is 1. The number of hydrogen-bond donors (Lipinski definition) is 0. The summed E-state index contributed by atoms with van der Waals surface area (Å²) in [5, 5.41) is 0. The van der Waals surface area contributed by atoms with Crippen LogP contribution in [0.4, 0.5) is 0 Å². The van der Waals surface area contributed by atoms with E-state index in [1.54, 1.807) is 0 Å². The average Bonchev–Trinajstić information content (AvgIpc) is 1.72. The maximum Gasteiger partial charge on any atom is 0.0315 e. The first-order valence-electron chi connectivity index (χ1n) is 2.57. The Bertz CT molecular complexity index is 245. The van der Waals surface area contributed by atoms with Gasteiger partial charge in [0, 0.05) is 11.1 Å². The van der Waals surface area contributed by atoms with Gasteiger partial charge in [-0.3, -0.25) is 0 Å². The molecule has 0 atom stereocenters. The van der Waals surface area contributed by atoms with Crippen molar-refractivity contribution in [2.75, 3.05) is 0 Å². The predicted molar refractivity (Wildman–Crippen MR) is 32.3 cm³/mol. The molecule has 0 heterocycles. The Hall–Kier alpha value is -1.22. The van der Waals surface area contributed by atoms with E-state index in [0.29, 0.717) is 0 Å². The van der Waals surface area contributed by atoms with Crippen molar-refractivity contribution in [1.29, 1.82) is 0 Å². The van der Waals surface area contributed by atoms with Crippen LogP contribution >= 0.6 is 0 Å². The Balaban J connectivity index is 2.80. The second-order valence-electron chi connectivity index (χ2n) is 1.78. The molecule has 0 radical (unpaired) electrons. The summed E-state index contributed by atoms with van der Waals surface area (Å²) in [4.78, 5) is 0. The van der Waals surface area contributed by atoms with Gasteiger partial charge in [-0.2, -0.15) is 0 Å². The lowest BCUT2D eigenvalue weighted by Crippen LogP contribution is -1.90. The van der Waals surface area contributed by atoms with E-state index in [1.807, 2.05) is 24.3 Å². The molecule has 2 rings (SSSR count). The van der Waals surface area contributed by atoms with Gasteiger partial charge in [-0.1, -0.05) is 0 Å². The minimum absolute atomic E-state index is 1.19. The zero-order chi connectivity index (χ0) is 5.40. The minimum atomic E-state index is 1.19. The van der Waals surface area contributed by atoms with E-state index in [1.165, 1.54) is 11.1 Å². The van der Waals surface area contributed by atoms with Gasteiger partial charge >= 0.3 is 0 Å². The van der Waals surface area contributed by atoms with Crippen LogP contribution < -0.4 is 0 Å². The monoisotopic (exact) mass is 100 g/mol. The highest BCUT2D eigenvalue weighted by molar-refractivity contribution is 5.57. The van der Waals surface area contributed by atoms with Gasteiger partial charge in [0.25, 0.3) is 0 Å². The lowest BCUT2D eigenvalue weighted by atomic mass is 9.96. The quantitative estimate of drug-likeness (QED) is 0.407. The van der Waals surface area contributed by atoms with Gasteiger partial charge < -0.3 is 0 Å². The molecule has 0 fully saturated rings. The van der Waals surface area contributed by atoms with Crippen LogP contribution in [0.3, 0.4) is 0 Å². The molecule has 0 aromatic rings. The highest BCUT2D eigenvalue weighted by Gasteiger charge is 2.05. The highest BCUT2D eigenvalue weighted by atomic mass is 14.1. The topological polar surface area (TPSA) is 0 Å². The summed E-state index contributed by atoms with van der Waals surface area (Å²) in [5.74, 6) is 0. The maximum atomic E-state index is 3.07. The van der Waals surface area contributed by atoms with Gasteiger partial charge in [0.05, 0.1) is 0 Å². The van der Waals surface area contributed by atoms with Gasteiger partial charge in [-0.25, -0.2) is 0 Å². The van der Waals surface area contributed by atoms with E-state index in [2.05, 4.69) is 11.5 Å². The molecule has 0 saturated heterocycles. The van der Waals surface area contributed by atoms with Crippen LogP contribution in [0.15, 0.2) is 46.9 Å². The molecule has 0 aromatic carbocycles. The summed E-state index contributed by atoms with van der Waals surface area (Å²) in [5.41, 5.74) is 8.51. The highest BCUT2D eigenvalue weighted by Crippen LogP contribution is 2.22. The third-order valence-electron chi connectivity index (χ3n) is 1.27. The van der Waals surface area contributed by atoms with Gasteiger partial charge in [0.2, 0.25) is 0 Å². The summed E-state index contributed by atoms with van der Waals surface area (Å²) in [6.07, 6.45) is 7.82. The molecule has 0 unspecified atom stereocenters. The molecule has 36 valence electrons. The zero-order valence-electron chi connectivity index (χ0n) is 4.31. The fraction of sp³-hybridized carbons (Fsp3) is 0. The normalized spacial score (nSPS) is 19.0. The van der Waals surface area contributed by atoms with E-state index in [4.69, 9.17) is 0 Å². The van der Waals surface area contributed by atoms with E-state index in [-0.39, 0.29) is 0 Å². The molecule has 8 heavy (non-hydrogen) atoms. The second-order valence-corrected chi connectivity index (χ2v) is 1.78. The van der Waals surface area contributed by atoms with Crippen LogP contribution in [0.2, 0.25) is 0 Å². The SMILES string of the molecule is C1=CC=C=C2C=CC=12. The van der Waals surface area contributed by atoms with Crippen molar-refractivity contribution in [3.63, 3.8) is 0 Å². The van der Waals surface area contributed by atoms with Crippen molar-refractivity contribution < 1.29 is 0 Å². The summed E-state index contributed by atoms with van der Waals surface area (Å²) in [6, 6.07) is 0. The first-order chi connectivity index (χ1) is 3.97. The molecule has 2 aliphatic rings. The Labute approximate surface area is 47.8 Å². The molecule has 0 nitrogen and oxygen atoms in total. The van der Waals surface area contributed by atoms with Crippen LogP contribution in [0.25, 0.3) is 0 Å². The van der Waals surface area contributed by atoms with Crippen molar-refractivity contribution in [2.45, 2.75) is 0 Å². The third kappa shape index (κ3) is 0.313. The number of rotatable bonds is 0. The van der Waals surface area contributed by atoms with Crippen LogP contribution in [0.5, 0.6) is 0 Å². The first kappa shape index (κ1) is 3.74. The molecule has 0 aliphatic heterocycles. The van der Waals surface area contributed by atoms with E-state index in [9.17, 15) is 0 Å². The minimum Gasteiger partial charge on any atom is -0.111 e. The molecule has 0 saturated carbocycles. The van der Waals surface area contributed by atoms with Crippen molar-refractivity contribution in [2.24, 2.45) is 0 Å². The summed E-state index contributed by atoms with van der Waals surface area (Å²) in [6.45, 7) is 0. The van der Waals surface area contributed by atoms with Crippen LogP contribution in [0, 0.1) is 0 Å². The molecular formula is C8H4. The third-order valence-corrected chi connectivity index (χ3v) is 1.27. The van der Waals surface area contributed by atoms with Crippen molar-refractivity contribution in [3.05, 3.63) is 46.9 Å². The molecule has 0 amide bonds. The summed E-state index contributed by atoms with van der Waals surface area (Å²) >= 11 is 0. The van der Waals surface area contributed by atoms with Crippen LogP contribution in [-0.2, 0) is 0 Å². The maximum absolute atomic E-state index is 3.07. The van der Waals surface area contributed by atoms with Crippen molar-refractivity contribution in [3.8, 4) is 0 Å². The fourth-order valence-electron chi connectivity index (χ4n) is 0.765. The van der Waals surface area contributed by atoms with Crippen LogP contribution in [0.1, 0.15) is 0 Å². The molecule has 0 N–H and O–H groups in total.